The van der Waals surface area contributed by atoms with Crippen molar-refractivity contribution in [2.24, 2.45) is 5.41 Å². The van der Waals surface area contributed by atoms with E-state index in [0.29, 0.717) is 5.76 Å². The van der Waals surface area contributed by atoms with Gasteiger partial charge in [0.1, 0.15) is 5.76 Å². The van der Waals surface area contributed by atoms with E-state index in [1.165, 1.54) is 11.2 Å². The highest BCUT2D eigenvalue weighted by molar-refractivity contribution is 6.10. The molecule has 1 unspecified atom stereocenters. The molecule has 0 aliphatic carbocycles. The molecule has 1 aliphatic heterocycles. The minimum absolute atomic E-state index is 0.156. The van der Waals surface area contributed by atoms with E-state index in [1.54, 1.807) is 32.9 Å². The largest absolute Gasteiger partial charge is 0.503 e. The van der Waals surface area contributed by atoms with Gasteiger partial charge in [0.25, 0.3) is 5.91 Å². The van der Waals surface area contributed by atoms with Crippen LogP contribution in [0, 0.1) is 5.41 Å². The second kappa shape index (κ2) is 7.06. The first-order chi connectivity index (χ1) is 12.7. The molecule has 1 aromatic carbocycles. The maximum Gasteiger partial charge on any atom is 0.290 e. The molecule has 142 valence electrons. The third kappa shape index (κ3) is 3.54. The van der Waals surface area contributed by atoms with Crippen molar-refractivity contribution in [3.63, 3.8) is 0 Å². The maximum absolute atomic E-state index is 13.1. The molecule has 2 aromatic rings. The number of hydrogen-bond donors (Lipinski definition) is 1. The number of nitrogens with zero attached hydrogens (tertiary/aromatic N) is 1. The molecule has 0 radical (unpaired) electrons. The van der Waals surface area contributed by atoms with Gasteiger partial charge in [-0.05, 0) is 29.7 Å². The summed E-state index contributed by atoms with van der Waals surface area (Å²) in [6, 6.07) is 10.7. The lowest BCUT2D eigenvalue weighted by molar-refractivity contribution is -0.130. The third-order valence-electron chi connectivity index (χ3n) is 4.84. The number of furan rings is 1. The average molecular weight is 367 g/mol. The highest BCUT2D eigenvalue weighted by Crippen LogP contribution is 2.41. The molecule has 1 N–H and O–H groups in total. The first kappa shape index (κ1) is 19.0. The molecule has 1 aliphatic rings. The summed E-state index contributed by atoms with van der Waals surface area (Å²) < 4.78 is 5.38. The third-order valence-corrected chi connectivity index (χ3v) is 4.84. The van der Waals surface area contributed by atoms with Crippen molar-refractivity contribution in [3.8, 4) is 0 Å². The Labute approximate surface area is 159 Å². The maximum atomic E-state index is 13.1. The predicted octanol–water partition coefficient (Wildman–Crippen LogP) is 4.35. The van der Waals surface area contributed by atoms with Crippen LogP contribution in [0.15, 0.2) is 58.4 Å². The molecular weight excluding hydrogens is 342 g/mol. The van der Waals surface area contributed by atoms with Gasteiger partial charge in [0.05, 0.1) is 24.4 Å². The molecule has 1 atom stereocenters. The lowest BCUT2D eigenvalue weighted by atomic mass is 9.82. The number of aryl methyl sites for hydroxylation is 1. The van der Waals surface area contributed by atoms with Crippen molar-refractivity contribution in [2.45, 2.75) is 46.7 Å². The lowest BCUT2D eigenvalue weighted by Crippen LogP contribution is -2.32. The van der Waals surface area contributed by atoms with Gasteiger partial charge in [0, 0.05) is 5.41 Å². The highest BCUT2D eigenvalue weighted by Gasteiger charge is 2.46. The topological polar surface area (TPSA) is 70.8 Å². The Hall–Kier alpha value is -2.82. The summed E-state index contributed by atoms with van der Waals surface area (Å²) in [4.78, 5) is 27.4. The second-order valence-electron chi connectivity index (χ2n) is 7.85. The van der Waals surface area contributed by atoms with Crippen molar-refractivity contribution in [1.82, 2.24) is 4.90 Å². The van der Waals surface area contributed by atoms with E-state index in [1.807, 2.05) is 24.3 Å². The molecule has 2 heterocycles. The van der Waals surface area contributed by atoms with E-state index in [2.05, 4.69) is 6.92 Å². The second-order valence-corrected chi connectivity index (χ2v) is 7.85. The zero-order chi connectivity index (χ0) is 19.8. The number of ketones is 1. The van der Waals surface area contributed by atoms with Crippen LogP contribution in [0.2, 0.25) is 0 Å². The molecule has 0 fully saturated rings. The van der Waals surface area contributed by atoms with Crippen LogP contribution in [0.25, 0.3) is 0 Å². The number of rotatable bonds is 5. The average Bonchev–Trinajstić information content (AvgIpc) is 3.23. The van der Waals surface area contributed by atoms with Gasteiger partial charge < -0.3 is 14.4 Å². The number of aliphatic hydroxyl groups excluding tert-OH is 1. The van der Waals surface area contributed by atoms with Gasteiger partial charge in [-0.1, -0.05) is 52.0 Å². The molecule has 5 nitrogen and oxygen atoms in total. The number of amides is 1. The Kier molecular flexibility index (Phi) is 4.96. The SMILES string of the molecule is CCc1ccc(C2C(C(=O)C(C)(C)C)=C(O)C(=O)N2Cc2ccco2)cc1. The fourth-order valence-electron chi connectivity index (χ4n) is 3.31. The standard InChI is InChI=1S/C22H25NO4/c1-5-14-8-10-15(11-9-14)18-17(20(25)22(2,3)4)19(24)21(26)23(18)13-16-7-6-12-27-16/h6-12,18,24H,5,13H2,1-4H3. The summed E-state index contributed by atoms with van der Waals surface area (Å²) in [5.41, 5.74) is 1.40. The molecule has 0 saturated carbocycles. The first-order valence-electron chi connectivity index (χ1n) is 9.14. The summed E-state index contributed by atoms with van der Waals surface area (Å²) >= 11 is 0. The van der Waals surface area contributed by atoms with Crippen molar-refractivity contribution in [3.05, 3.63) is 70.9 Å². The molecule has 27 heavy (non-hydrogen) atoms. The Bertz CT molecular complexity index is 870. The quantitative estimate of drug-likeness (QED) is 0.853. The van der Waals surface area contributed by atoms with Crippen LogP contribution in [0.1, 0.15) is 50.6 Å². The number of carbonyl (C=O) groups excluding carboxylic acids is 2. The van der Waals surface area contributed by atoms with Gasteiger partial charge in [-0.2, -0.15) is 0 Å². The number of aliphatic hydroxyl groups is 1. The monoisotopic (exact) mass is 367 g/mol. The number of carbonyl (C=O) groups is 2. The summed E-state index contributed by atoms with van der Waals surface area (Å²) in [7, 11) is 0. The zero-order valence-electron chi connectivity index (χ0n) is 16.2. The first-order valence-corrected chi connectivity index (χ1v) is 9.14. The minimum Gasteiger partial charge on any atom is -0.503 e. The molecule has 0 spiro atoms. The van der Waals surface area contributed by atoms with Crippen LogP contribution in [-0.4, -0.2) is 21.7 Å². The van der Waals surface area contributed by atoms with Gasteiger partial charge in [-0.15, -0.1) is 0 Å². The van der Waals surface area contributed by atoms with E-state index < -0.39 is 23.1 Å². The molecule has 0 saturated heterocycles. The van der Waals surface area contributed by atoms with Crippen LogP contribution in [-0.2, 0) is 22.6 Å². The fourth-order valence-corrected chi connectivity index (χ4v) is 3.31. The van der Waals surface area contributed by atoms with Gasteiger partial charge in [0.2, 0.25) is 0 Å². The van der Waals surface area contributed by atoms with E-state index in [9.17, 15) is 14.7 Å². The lowest BCUT2D eigenvalue weighted by Gasteiger charge is -2.28. The molecule has 0 bridgehead atoms. The normalized spacial score (nSPS) is 17.7. The van der Waals surface area contributed by atoms with Gasteiger partial charge in [0.15, 0.2) is 11.5 Å². The zero-order valence-corrected chi connectivity index (χ0v) is 16.2. The van der Waals surface area contributed by atoms with Crippen LogP contribution in [0.5, 0.6) is 0 Å². The van der Waals surface area contributed by atoms with Gasteiger partial charge in [-0.25, -0.2) is 0 Å². The van der Waals surface area contributed by atoms with E-state index in [-0.39, 0.29) is 17.9 Å². The van der Waals surface area contributed by atoms with E-state index >= 15 is 0 Å². The predicted molar refractivity (Wildman–Crippen MR) is 102 cm³/mol. The fraction of sp³-hybridized carbons (Fsp3) is 0.364. The van der Waals surface area contributed by atoms with Crippen molar-refractivity contribution < 1.29 is 19.1 Å². The summed E-state index contributed by atoms with van der Waals surface area (Å²) in [5, 5.41) is 10.6. The Morgan fingerprint density at radius 2 is 1.85 bits per heavy atom. The molecular formula is C22H25NO4. The summed E-state index contributed by atoms with van der Waals surface area (Å²) in [6.07, 6.45) is 2.43. The van der Waals surface area contributed by atoms with Crippen molar-refractivity contribution >= 4 is 11.7 Å². The molecule has 1 aromatic heterocycles. The minimum atomic E-state index is -0.716. The summed E-state index contributed by atoms with van der Waals surface area (Å²) in [6.45, 7) is 7.60. The smallest absolute Gasteiger partial charge is 0.290 e. The number of benzene rings is 1. The summed E-state index contributed by atoms with van der Waals surface area (Å²) in [5.74, 6) is -0.662. The van der Waals surface area contributed by atoms with Crippen LogP contribution in [0.3, 0.4) is 0 Å². The Morgan fingerprint density at radius 3 is 2.37 bits per heavy atom. The highest BCUT2D eigenvalue weighted by atomic mass is 16.3. The van der Waals surface area contributed by atoms with E-state index in [4.69, 9.17) is 4.42 Å². The molecule has 3 rings (SSSR count). The molecule has 1 amide bonds. The van der Waals surface area contributed by atoms with Crippen molar-refractivity contribution in [2.75, 3.05) is 0 Å². The molecule has 5 heteroatoms. The Balaban J connectivity index is 2.08. The number of Topliss-reactive ketones (excluding diaryl/α,β-unsaturated/α-hetero) is 1. The van der Waals surface area contributed by atoms with Crippen molar-refractivity contribution in [1.29, 1.82) is 0 Å². The van der Waals surface area contributed by atoms with Crippen LogP contribution < -0.4 is 0 Å². The van der Waals surface area contributed by atoms with E-state index in [0.717, 1.165) is 17.5 Å². The van der Waals surface area contributed by atoms with Gasteiger partial charge >= 0.3 is 0 Å². The number of hydrogen-bond acceptors (Lipinski definition) is 4. The van der Waals surface area contributed by atoms with Crippen LogP contribution >= 0.6 is 0 Å². The Morgan fingerprint density at radius 1 is 1.19 bits per heavy atom. The van der Waals surface area contributed by atoms with Crippen LogP contribution in [0.4, 0.5) is 0 Å². The van der Waals surface area contributed by atoms with Gasteiger partial charge in [-0.3, -0.25) is 9.59 Å².